The molecule has 1 aromatic heterocycles. The quantitative estimate of drug-likeness (QED) is 0.450. The van der Waals surface area contributed by atoms with Crippen LogP contribution in [-0.2, 0) is 16.1 Å². The molecule has 232 valence electrons. The maximum absolute atomic E-state index is 15.0. The maximum atomic E-state index is 15.0. The van der Waals surface area contributed by atoms with Gasteiger partial charge in [0.1, 0.15) is 11.4 Å². The molecule has 1 atom stereocenters. The van der Waals surface area contributed by atoms with Gasteiger partial charge in [-0.2, -0.15) is 5.26 Å². The number of aliphatic imine (C=N–C) groups is 1. The Morgan fingerprint density at radius 3 is 2.62 bits per heavy atom. The van der Waals surface area contributed by atoms with E-state index in [-0.39, 0.29) is 24.6 Å². The maximum Gasteiger partial charge on any atom is 0.410 e. The van der Waals surface area contributed by atoms with Gasteiger partial charge in [0.05, 0.1) is 43.4 Å². The number of amides is 2. The Balaban J connectivity index is 1.08. The molecule has 4 heterocycles. The average molecular weight is 612 g/mol. The number of piperidine rings is 1. The topological polar surface area (TPSA) is 124 Å². The van der Waals surface area contributed by atoms with Crippen LogP contribution >= 0.6 is 0 Å². The fraction of sp³-hybridized carbons (Fsp3) is 0.394. The molecular weight excluding hydrogens is 577 g/mol. The minimum absolute atomic E-state index is 0.0370. The Morgan fingerprint density at radius 2 is 1.91 bits per heavy atom. The minimum atomic E-state index is -0.519. The van der Waals surface area contributed by atoms with Crippen LogP contribution in [0.25, 0.3) is 11.4 Å². The molecular formula is C33H34FN7O4. The van der Waals surface area contributed by atoms with Crippen LogP contribution in [0.1, 0.15) is 45.6 Å². The van der Waals surface area contributed by atoms with Crippen molar-refractivity contribution < 1.29 is 23.5 Å². The molecule has 2 aromatic rings. The number of carbonyl (C=O) groups is 2. The summed E-state index contributed by atoms with van der Waals surface area (Å²) in [7, 11) is 0. The van der Waals surface area contributed by atoms with E-state index in [9.17, 15) is 14.9 Å². The SMILES string of the molecule is CC(C)(C)OC(=O)N1CCC(COc2cnc(-c3ccc(F)c(CN4C(=O)C=CN5C4=NC4=CC=C(C#N)CC45)c3)nc2)CC1. The Hall–Kier alpha value is -5.05. The van der Waals surface area contributed by atoms with Crippen LogP contribution in [0.3, 0.4) is 0 Å². The summed E-state index contributed by atoms with van der Waals surface area (Å²) in [6.45, 7) is 7.26. The number of likely N-dealkylation sites (tertiary alicyclic amines) is 1. The first-order valence-corrected chi connectivity index (χ1v) is 15.0. The summed E-state index contributed by atoms with van der Waals surface area (Å²) in [6, 6.07) is 6.58. The summed E-state index contributed by atoms with van der Waals surface area (Å²) < 4.78 is 26.4. The van der Waals surface area contributed by atoms with Crippen molar-refractivity contribution in [2.24, 2.45) is 10.9 Å². The van der Waals surface area contributed by atoms with E-state index in [0.29, 0.717) is 66.3 Å². The number of guanidine groups is 1. The van der Waals surface area contributed by atoms with Gasteiger partial charge in [-0.05, 0) is 69.9 Å². The monoisotopic (exact) mass is 611 g/mol. The number of hydrogen-bond acceptors (Lipinski definition) is 9. The van der Waals surface area contributed by atoms with Gasteiger partial charge in [0.2, 0.25) is 5.96 Å². The lowest BCUT2D eigenvalue weighted by molar-refractivity contribution is -0.123. The average Bonchev–Trinajstić information content (AvgIpc) is 3.40. The molecule has 11 nitrogen and oxygen atoms in total. The lowest BCUT2D eigenvalue weighted by Crippen LogP contribution is -2.48. The molecule has 12 heteroatoms. The van der Waals surface area contributed by atoms with E-state index in [2.05, 4.69) is 21.0 Å². The molecule has 0 N–H and O–H groups in total. The third-order valence-electron chi connectivity index (χ3n) is 8.05. The fourth-order valence-corrected chi connectivity index (χ4v) is 5.65. The largest absolute Gasteiger partial charge is 0.490 e. The van der Waals surface area contributed by atoms with Crippen molar-refractivity contribution in [3.8, 4) is 23.2 Å². The van der Waals surface area contributed by atoms with E-state index in [1.807, 2.05) is 25.7 Å². The van der Waals surface area contributed by atoms with Gasteiger partial charge in [-0.1, -0.05) is 0 Å². The number of benzene rings is 1. The van der Waals surface area contributed by atoms with E-state index >= 15 is 4.39 Å². The highest BCUT2D eigenvalue weighted by Gasteiger charge is 2.39. The molecule has 0 spiro atoms. The van der Waals surface area contributed by atoms with Crippen LogP contribution in [0.5, 0.6) is 5.75 Å². The lowest BCUT2D eigenvalue weighted by atomic mass is 9.98. The van der Waals surface area contributed by atoms with Crippen molar-refractivity contribution in [2.75, 3.05) is 19.7 Å². The van der Waals surface area contributed by atoms with Crippen LogP contribution in [0.15, 0.2) is 71.3 Å². The van der Waals surface area contributed by atoms with Crippen LogP contribution in [-0.4, -0.2) is 74.0 Å². The molecule has 3 aliphatic heterocycles. The number of halogens is 1. The van der Waals surface area contributed by atoms with Crippen molar-refractivity contribution in [1.29, 1.82) is 5.26 Å². The van der Waals surface area contributed by atoms with Crippen LogP contribution < -0.4 is 4.74 Å². The number of fused-ring (bicyclic) bond motifs is 3. The van der Waals surface area contributed by atoms with Gasteiger partial charge in [0.15, 0.2) is 11.6 Å². The van der Waals surface area contributed by atoms with Crippen LogP contribution in [0.4, 0.5) is 9.18 Å². The number of nitriles is 1. The molecule has 1 aromatic carbocycles. The Bertz CT molecular complexity index is 1660. The van der Waals surface area contributed by atoms with Gasteiger partial charge in [-0.3, -0.25) is 9.69 Å². The highest BCUT2D eigenvalue weighted by atomic mass is 19.1. The van der Waals surface area contributed by atoms with Gasteiger partial charge in [-0.25, -0.2) is 24.1 Å². The molecule has 4 aliphatic rings. The predicted octanol–water partition coefficient (Wildman–Crippen LogP) is 4.94. The number of aromatic nitrogens is 2. The summed E-state index contributed by atoms with van der Waals surface area (Å²) >= 11 is 0. The second-order valence-electron chi connectivity index (χ2n) is 12.4. The van der Waals surface area contributed by atoms with E-state index in [1.54, 1.807) is 47.8 Å². The third-order valence-corrected chi connectivity index (χ3v) is 8.05. The zero-order chi connectivity index (χ0) is 31.7. The summed E-state index contributed by atoms with van der Waals surface area (Å²) in [6.07, 6.45) is 11.6. The number of rotatable bonds is 6. The van der Waals surface area contributed by atoms with Crippen molar-refractivity contribution in [3.05, 3.63) is 77.7 Å². The number of hydrogen-bond donors (Lipinski definition) is 0. The van der Waals surface area contributed by atoms with Gasteiger partial charge >= 0.3 is 6.09 Å². The molecule has 1 unspecified atom stereocenters. The molecule has 2 amide bonds. The summed E-state index contributed by atoms with van der Waals surface area (Å²) in [5.74, 6) is 0.839. The van der Waals surface area contributed by atoms with Crippen molar-refractivity contribution in [3.63, 3.8) is 0 Å². The highest BCUT2D eigenvalue weighted by molar-refractivity contribution is 6.06. The first-order chi connectivity index (χ1) is 21.6. The van der Waals surface area contributed by atoms with E-state index in [1.165, 1.54) is 17.0 Å². The number of carbonyl (C=O) groups excluding carboxylic acids is 2. The summed E-state index contributed by atoms with van der Waals surface area (Å²) in [5, 5.41) is 9.33. The molecule has 1 saturated heterocycles. The number of allylic oxidation sites excluding steroid dienone is 2. The van der Waals surface area contributed by atoms with Gasteiger partial charge < -0.3 is 19.3 Å². The van der Waals surface area contributed by atoms with Gasteiger partial charge in [0, 0.05) is 48.5 Å². The van der Waals surface area contributed by atoms with E-state index in [4.69, 9.17) is 9.47 Å². The van der Waals surface area contributed by atoms with Gasteiger partial charge in [0.25, 0.3) is 5.91 Å². The second kappa shape index (κ2) is 12.1. The van der Waals surface area contributed by atoms with Crippen molar-refractivity contribution in [2.45, 2.75) is 58.2 Å². The highest BCUT2D eigenvalue weighted by Crippen LogP contribution is 2.34. The normalized spacial score (nSPS) is 19.7. The predicted molar refractivity (Wildman–Crippen MR) is 163 cm³/mol. The van der Waals surface area contributed by atoms with Crippen LogP contribution in [0, 0.1) is 23.1 Å². The fourth-order valence-electron chi connectivity index (χ4n) is 5.65. The molecule has 0 saturated carbocycles. The third kappa shape index (κ3) is 6.57. The zero-order valence-electron chi connectivity index (χ0n) is 25.4. The standard InChI is InChI=1S/C33H34FN7O4/c1-33(2,3)45-32(43)39-11-8-21(9-12-39)20-44-25-17-36-30(37-18-25)23-5-6-26(34)24(15-23)19-41-29(42)10-13-40-28-14-22(16-35)4-7-27(28)38-31(40)41/h4-7,10,13,15,17-18,21,28H,8-9,11-12,14,19-20H2,1-3H3. The van der Waals surface area contributed by atoms with Crippen LogP contribution in [0.2, 0.25) is 0 Å². The zero-order valence-corrected chi connectivity index (χ0v) is 25.4. The Labute approximate surface area is 261 Å². The summed E-state index contributed by atoms with van der Waals surface area (Å²) in [4.78, 5) is 43.8. The van der Waals surface area contributed by atoms with Crippen molar-refractivity contribution >= 4 is 18.0 Å². The molecule has 0 radical (unpaired) electrons. The Morgan fingerprint density at radius 1 is 1.16 bits per heavy atom. The molecule has 1 fully saturated rings. The first-order valence-electron chi connectivity index (χ1n) is 15.0. The second-order valence-corrected chi connectivity index (χ2v) is 12.4. The van der Waals surface area contributed by atoms with E-state index < -0.39 is 11.4 Å². The number of nitrogens with zero attached hydrogens (tertiary/aromatic N) is 7. The molecule has 6 rings (SSSR count). The molecule has 1 aliphatic carbocycles. The Kier molecular flexibility index (Phi) is 8.10. The first kappa shape index (κ1) is 30.0. The minimum Gasteiger partial charge on any atom is -0.490 e. The molecule has 45 heavy (non-hydrogen) atoms. The van der Waals surface area contributed by atoms with Crippen molar-refractivity contribution in [1.82, 2.24) is 24.7 Å². The lowest BCUT2D eigenvalue weighted by Gasteiger charge is -2.33. The molecule has 0 bridgehead atoms. The van der Waals surface area contributed by atoms with E-state index in [0.717, 1.165) is 18.5 Å². The summed E-state index contributed by atoms with van der Waals surface area (Å²) in [5.41, 5.74) is 1.75. The number of ether oxygens (including phenoxy) is 2. The van der Waals surface area contributed by atoms with Gasteiger partial charge in [-0.15, -0.1) is 0 Å². The smallest absolute Gasteiger partial charge is 0.410 e.